The van der Waals surface area contributed by atoms with Gasteiger partial charge in [-0.1, -0.05) is 18.2 Å². The summed E-state index contributed by atoms with van der Waals surface area (Å²) in [5.74, 6) is 2.10. The number of aromatic nitrogens is 2. The molecule has 0 radical (unpaired) electrons. The minimum atomic E-state index is 0.409. The van der Waals surface area contributed by atoms with E-state index in [9.17, 15) is 0 Å². The SMILES string of the molecule is Cc1cnc(C2CCCN2CC2=Cc3ccccc3OC2)[nH]1. The van der Waals surface area contributed by atoms with Gasteiger partial charge in [0, 0.05) is 24.0 Å². The van der Waals surface area contributed by atoms with Crippen molar-refractivity contribution >= 4 is 6.08 Å². The number of H-pyrrole nitrogens is 1. The summed E-state index contributed by atoms with van der Waals surface area (Å²) in [6.07, 6.45) is 6.61. The normalized spacial score (nSPS) is 21.3. The number of rotatable bonds is 3. The first-order chi connectivity index (χ1) is 10.8. The molecule has 0 bridgehead atoms. The highest BCUT2D eigenvalue weighted by atomic mass is 16.5. The Bertz CT molecular complexity index is 704. The van der Waals surface area contributed by atoms with Crippen molar-refractivity contribution in [2.24, 2.45) is 0 Å². The van der Waals surface area contributed by atoms with Crippen LogP contribution in [0, 0.1) is 6.92 Å². The van der Waals surface area contributed by atoms with Crippen molar-refractivity contribution in [1.29, 1.82) is 0 Å². The molecule has 2 aromatic rings. The van der Waals surface area contributed by atoms with Gasteiger partial charge in [-0.3, -0.25) is 4.90 Å². The average molecular weight is 295 g/mol. The Labute approximate surface area is 130 Å². The highest BCUT2D eigenvalue weighted by Gasteiger charge is 2.29. The molecule has 4 heteroatoms. The number of ether oxygens (including phenoxy) is 1. The molecule has 1 unspecified atom stereocenters. The molecule has 1 fully saturated rings. The van der Waals surface area contributed by atoms with E-state index in [0.717, 1.165) is 30.4 Å². The molecule has 0 spiro atoms. The number of fused-ring (bicyclic) bond motifs is 1. The molecule has 1 aromatic heterocycles. The zero-order valence-electron chi connectivity index (χ0n) is 12.9. The number of aryl methyl sites for hydroxylation is 1. The van der Waals surface area contributed by atoms with E-state index in [1.54, 1.807) is 0 Å². The van der Waals surface area contributed by atoms with Gasteiger partial charge in [0.2, 0.25) is 0 Å². The van der Waals surface area contributed by atoms with E-state index in [1.165, 1.54) is 24.0 Å². The molecular formula is C18H21N3O. The van der Waals surface area contributed by atoms with Crippen molar-refractivity contribution in [3.8, 4) is 5.75 Å². The minimum Gasteiger partial charge on any atom is -0.489 e. The third kappa shape index (κ3) is 2.55. The first-order valence-electron chi connectivity index (χ1n) is 7.96. The molecule has 22 heavy (non-hydrogen) atoms. The lowest BCUT2D eigenvalue weighted by atomic mass is 10.1. The lowest BCUT2D eigenvalue weighted by Gasteiger charge is -2.26. The number of para-hydroxylation sites is 1. The van der Waals surface area contributed by atoms with Crippen LogP contribution in [0.5, 0.6) is 5.75 Å². The van der Waals surface area contributed by atoms with Crippen LogP contribution in [0.15, 0.2) is 36.0 Å². The van der Waals surface area contributed by atoms with Gasteiger partial charge >= 0.3 is 0 Å². The second-order valence-corrected chi connectivity index (χ2v) is 6.21. The summed E-state index contributed by atoms with van der Waals surface area (Å²) in [4.78, 5) is 10.4. The number of likely N-dealkylation sites (tertiary alicyclic amines) is 1. The summed E-state index contributed by atoms with van der Waals surface area (Å²) in [6, 6.07) is 8.64. The number of hydrogen-bond donors (Lipinski definition) is 1. The summed E-state index contributed by atoms with van der Waals surface area (Å²) < 4.78 is 5.87. The summed E-state index contributed by atoms with van der Waals surface area (Å²) in [7, 11) is 0. The van der Waals surface area contributed by atoms with Crippen LogP contribution in [0.4, 0.5) is 0 Å². The number of imidazole rings is 1. The Morgan fingerprint density at radius 2 is 2.27 bits per heavy atom. The van der Waals surface area contributed by atoms with Gasteiger partial charge in [0.25, 0.3) is 0 Å². The largest absolute Gasteiger partial charge is 0.489 e. The minimum absolute atomic E-state index is 0.409. The molecular weight excluding hydrogens is 274 g/mol. The Balaban J connectivity index is 1.52. The van der Waals surface area contributed by atoms with E-state index < -0.39 is 0 Å². The quantitative estimate of drug-likeness (QED) is 0.944. The molecule has 1 N–H and O–H groups in total. The first-order valence-corrected chi connectivity index (χ1v) is 7.96. The van der Waals surface area contributed by atoms with Gasteiger partial charge in [0.05, 0.1) is 6.04 Å². The topological polar surface area (TPSA) is 41.2 Å². The van der Waals surface area contributed by atoms with Crippen molar-refractivity contribution < 1.29 is 4.74 Å². The third-order valence-corrected chi connectivity index (χ3v) is 4.50. The molecule has 4 rings (SSSR count). The van der Waals surface area contributed by atoms with Crippen LogP contribution >= 0.6 is 0 Å². The van der Waals surface area contributed by atoms with Crippen molar-refractivity contribution in [1.82, 2.24) is 14.9 Å². The highest BCUT2D eigenvalue weighted by Crippen LogP contribution is 2.32. The van der Waals surface area contributed by atoms with Crippen LogP contribution in [-0.4, -0.2) is 34.6 Å². The Kier molecular flexibility index (Phi) is 3.47. The lowest BCUT2D eigenvalue weighted by molar-refractivity contribution is 0.253. The molecule has 0 aliphatic carbocycles. The summed E-state index contributed by atoms with van der Waals surface area (Å²) in [5, 5.41) is 0. The molecule has 2 aliphatic heterocycles. The predicted octanol–water partition coefficient (Wildman–Crippen LogP) is 3.33. The maximum absolute atomic E-state index is 5.87. The van der Waals surface area contributed by atoms with E-state index in [1.807, 2.05) is 18.3 Å². The Morgan fingerprint density at radius 3 is 3.14 bits per heavy atom. The van der Waals surface area contributed by atoms with Crippen molar-refractivity contribution in [3.05, 3.63) is 53.1 Å². The number of hydrogen-bond acceptors (Lipinski definition) is 3. The van der Waals surface area contributed by atoms with E-state index in [-0.39, 0.29) is 0 Å². The maximum Gasteiger partial charge on any atom is 0.127 e. The fourth-order valence-electron chi connectivity index (χ4n) is 3.44. The molecule has 3 heterocycles. The molecule has 114 valence electrons. The molecule has 1 atom stereocenters. The standard InChI is InChI=1S/C18H21N3O/c1-13-10-19-18(20-13)16-6-4-8-21(16)11-14-9-15-5-2-3-7-17(15)22-12-14/h2-3,5,7,9-10,16H,4,6,8,11-12H2,1H3,(H,19,20). The van der Waals surface area contributed by atoms with Crippen LogP contribution in [0.2, 0.25) is 0 Å². The van der Waals surface area contributed by atoms with E-state index >= 15 is 0 Å². The van der Waals surface area contributed by atoms with E-state index in [2.05, 4.69) is 40.0 Å². The predicted molar refractivity (Wildman–Crippen MR) is 86.8 cm³/mol. The molecule has 1 saturated heterocycles. The zero-order valence-corrected chi connectivity index (χ0v) is 12.9. The number of benzene rings is 1. The monoisotopic (exact) mass is 295 g/mol. The van der Waals surface area contributed by atoms with E-state index in [4.69, 9.17) is 4.74 Å². The summed E-state index contributed by atoms with van der Waals surface area (Å²) in [6.45, 7) is 4.84. The Morgan fingerprint density at radius 1 is 1.36 bits per heavy atom. The fraction of sp³-hybridized carbons (Fsp3) is 0.389. The molecule has 4 nitrogen and oxygen atoms in total. The molecule has 1 aromatic carbocycles. The summed E-state index contributed by atoms with van der Waals surface area (Å²) >= 11 is 0. The van der Waals surface area contributed by atoms with Crippen molar-refractivity contribution in [2.45, 2.75) is 25.8 Å². The highest BCUT2D eigenvalue weighted by molar-refractivity contribution is 5.62. The summed E-state index contributed by atoms with van der Waals surface area (Å²) in [5.41, 5.74) is 3.67. The lowest BCUT2D eigenvalue weighted by Crippen LogP contribution is -2.28. The van der Waals surface area contributed by atoms with Crippen molar-refractivity contribution in [2.75, 3.05) is 19.7 Å². The van der Waals surface area contributed by atoms with Crippen LogP contribution in [0.3, 0.4) is 0 Å². The van der Waals surface area contributed by atoms with Gasteiger partial charge in [-0.05, 0) is 44.0 Å². The van der Waals surface area contributed by atoms with Crippen LogP contribution in [0.25, 0.3) is 6.08 Å². The smallest absolute Gasteiger partial charge is 0.127 e. The third-order valence-electron chi connectivity index (χ3n) is 4.50. The Hall–Kier alpha value is -2.07. The van der Waals surface area contributed by atoms with Crippen LogP contribution in [0.1, 0.15) is 36.0 Å². The van der Waals surface area contributed by atoms with Gasteiger partial charge in [0.1, 0.15) is 18.2 Å². The number of nitrogens with one attached hydrogen (secondary N) is 1. The van der Waals surface area contributed by atoms with Crippen molar-refractivity contribution in [3.63, 3.8) is 0 Å². The average Bonchev–Trinajstić information content (AvgIpc) is 3.16. The molecule has 0 amide bonds. The second kappa shape index (κ2) is 5.61. The zero-order chi connectivity index (χ0) is 14.9. The van der Waals surface area contributed by atoms with Crippen LogP contribution < -0.4 is 4.74 Å². The molecule has 0 saturated carbocycles. The first kappa shape index (κ1) is 13.6. The van der Waals surface area contributed by atoms with Gasteiger partial charge in [-0.25, -0.2) is 4.98 Å². The second-order valence-electron chi connectivity index (χ2n) is 6.21. The fourth-order valence-corrected chi connectivity index (χ4v) is 3.44. The maximum atomic E-state index is 5.87. The van der Waals surface area contributed by atoms with E-state index in [0.29, 0.717) is 12.6 Å². The van der Waals surface area contributed by atoms with Gasteiger partial charge in [-0.2, -0.15) is 0 Å². The number of aromatic amines is 1. The van der Waals surface area contributed by atoms with Gasteiger partial charge in [-0.15, -0.1) is 0 Å². The van der Waals surface area contributed by atoms with Gasteiger partial charge in [0.15, 0.2) is 0 Å². The molecule has 2 aliphatic rings. The van der Waals surface area contributed by atoms with Crippen LogP contribution in [-0.2, 0) is 0 Å². The van der Waals surface area contributed by atoms with Gasteiger partial charge < -0.3 is 9.72 Å². The number of nitrogens with zero attached hydrogens (tertiary/aromatic N) is 2.